The minimum Gasteiger partial charge on any atom is -0.345 e. The smallest absolute Gasteiger partial charge is 0.261 e. The van der Waals surface area contributed by atoms with E-state index < -0.39 is 10.0 Å². The van der Waals surface area contributed by atoms with Crippen LogP contribution in [0.15, 0.2) is 28.5 Å². The Hall–Kier alpha value is -1.74. The van der Waals surface area contributed by atoms with Gasteiger partial charge in [0.15, 0.2) is 5.78 Å². The molecule has 1 aliphatic carbocycles. The maximum absolute atomic E-state index is 12.6. The quantitative estimate of drug-likeness (QED) is 0.814. The van der Waals surface area contributed by atoms with Crippen LogP contribution in [0.5, 0.6) is 0 Å². The Labute approximate surface area is 153 Å². The summed E-state index contributed by atoms with van der Waals surface area (Å²) in [6, 6.07) is 6.79. The molecule has 1 aromatic heterocycles. The molecule has 2 aromatic rings. The van der Waals surface area contributed by atoms with Gasteiger partial charge in [-0.05, 0) is 42.2 Å². The van der Waals surface area contributed by atoms with E-state index in [0.717, 1.165) is 35.3 Å². The van der Waals surface area contributed by atoms with Gasteiger partial charge in [-0.3, -0.25) is 9.59 Å². The molecule has 1 unspecified atom stereocenters. The zero-order valence-corrected chi connectivity index (χ0v) is 15.2. The lowest BCUT2D eigenvalue weighted by Crippen LogP contribution is -2.34. The van der Waals surface area contributed by atoms with E-state index in [1.807, 2.05) is 12.1 Å². The van der Waals surface area contributed by atoms with Gasteiger partial charge in [0.2, 0.25) is 0 Å². The Balaban J connectivity index is 1.61. The number of ketones is 1. The van der Waals surface area contributed by atoms with Crippen molar-refractivity contribution in [1.29, 1.82) is 0 Å². The van der Waals surface area contributed by atoms with E-state index in [1.54, 1.807) is 6.07 Å². The summed E-state index contributed by atoms with van der Waals surface area (Å²) in [5.41, 5.74) is 2.21. The average molecular weight is 397 g/mol. The molecule has 1 atom stereocenters. The number of benzene rings is 1. The predicted octanol–water partition coefficient (Wildman–Crippen LogP) is 2.29. The van der Waals surface area contributed by atoms with Crippen LogP contribution in [-0.4, -0.2) is 26.7 Å². The number of sulfonamides is 1. The summed E-state index contributed by atoms with van der Waals surface area (Å²) in [7, 11) is -3.72. The number of halogens is 1. The lowest BCUT2D eigenvalue weighted by Gasteiger charge is -2.13. The van der Waals surface area contributed by atoms with Crippen molar-refractivity contribution in [2.75, 3.05) is 6.54 Å². The highest BCUT2D eigenvalue weighted by Crippen LogP contribution is 2.34. The fraction of sp³-hybridized carbons (Fsp3) is 0.250. The molecule has 1 amide bonds. The van der Waals surface area contributed by atoms with Crippen molar-refractivity contribution in [3.63, 3.8) is 0 Å². The Morgan fingerprint density at radius 2 is 2.12 bits per heavy atom. The number of nitrogens with one attached hydrogen (secondary N) is 2. The molecule has 2 N–H and O–H groups in total. The predicted molar refractivity (Wildman–Crippen MR) is 93.8 cm³/mol. The van der Waals surface area contributed by atoms with Crippen LogP contribution in [0, 0.1) is 0 Å². The Kier molecular flexibility index (Phi) is 3.95. The van der Waals surface area contributed by atoms with E-state index in [0.29, 0.717) is 5.02 Å². The number of fused-ring (bicyclic) bond motifs is 2. The summed E-state index contributed by atoms with van der Waals surface area (Å²) >= 11 is 6.81. The van der Waals surface area contributed by atoms with Gasteiger partial charge < -0.3 is 5.32 Å². The van der Waals surface area contributed by atoms with E-state index in [4.69, 9.17) is 11.6 Å². The second-order valence-corrected chi connectivity index (χ2v) is 9.42. The SMILES string of the molecule is O=C(NC1CCc2cc(Cl)ccc21)c1cc2c(s1)S(=O)(=O)NCC2=O. The van der Waals surface area contributed by atoms with Crippen LogP contribution in [0.1, 0.15) is 43.6 Å². The van der Waals surface area contributed by atoms with Gasteiger partial charge in [-0.25, -0.2) is 13.1 Å². The molecule has 0 bridgehead atoms. The van der Waals surface area contributed by atoms with E-state index in [9.17, 15) is 18.0 Å². The molecule has 2 aliphatic rings. The maximum atomic E-state index is 12.6. The zero-order chi connectivity index (χ0) is 17.8. The molecule has 0 saturated heterocycles. The zero-order valence-electron chi connectivity index (χ0n) is 12.8. The molecule has 4 rings (SSSR count). The van der Waals surface area contributed by atoms with Crippen molar-refractivity contribution in [1.82, 2.24) is 10.0 Å². The summed E-state index contributed by atoms with van der Waals surface area (Å²) in [5.74, 6) is -0.712. The van der Waals surface area contributed by atoms with Crippen LogP contribution < -0.4 is 10.0 Å². The number of carbonyl (C=O) groups is 2. The molecular weight excluding hydrogens is 384 g/mol. The van der Waals surface area contributed by atoms with Crippen LogP contribution in [0.4, 0.5) is 0 Å². The lowest BCUT2D eigenvalue weighted by molar-refractivity contribution is 0.0940. The minimum absolute atomic E-state index is 0.0903. The second kappa shape index (κ2) is 5.91. The van der Waals surface area contributed by atoms with Gasteiger partial charge >= 0.3 is 0 Å². The third-order valence-electron chi connectivity index (χ3n) is 4.38. The van der Waals surface area contributed by atoms with Gasteiger partial charge in [0.25, 0.3) is 15.9 Å². The number of thiophene rings is 1. The van der Waals surface area contributed by atoms with Gasteiger partial charge in [0.1, 0.15) is 4.21 Å². The first-order valence-corrected chi connectivity index (χ1v) is 10.3. The molecule has 130 valence electrons. The maximum Gasteiger partial charge on any atom is 0.261 e. The number of aryl methyl sites for hydroxylation is 1. The number of hydrogen-bond acceptors (Lipinski definition) is 5. The van der Waals surface area contributed by atoms with E-state index in [2.05, 4.69) is 10.0 Å². The molecule has 0 fully saturated rings. The van der Waals surface area contributed by atoms with Crippen LogP contribution in [0.3, 0.4) is 0 Å². The Morgan fingerprint density at radius 3 is 2.88 bits per heavy atom. The lowest BCUT2D eigenvalue weighted by atomic mass is 10.1. The normalized spacial score (nSPS) is 20.8. The van der Waals surface area contributed by atoms with Crippen molar-refractivity contribution < 1.29 is 18.0 Å². The summed E-state index contributed by atoms with van der Waals surface area (Å²) in [5, 5.41) is 3.58. The minimum atomic E-state index is -3.72. The largest absolute Gasteiger partial charge is 0.345 e. The Bertz CT molecular complexity index is 1010. The number of hydrogen-bond donors (Lipinski definition) is 2. The molecule has 1 aliphatic heterocycles. The van der Waals surface area contributed by atoms with E-state index in [1.165, 1.54) is 6.07 Å². The summed E-state index contributed by atoms with van der Waals surface area (Å²) in [6.07, 6.45) is 1.57. The monoisotopic (exact) mass is 396 g/mol. The molecule has 25 heavy (non-hydrogen) atoms. The molecule has 9 heteroatoms. The van der Waals surface area contributed by atoms with Crippen molar-refractivity contribution in [3.8, 4) is 0 Å². The molecular formula is C16H13ClN2O4S2. The first-order valence-electron chi connectivity index (χ1n) is 7.61. The third kappa shape index (κ3) is 2.89. The van der Waals surface area contributed by atoms with Crippen LogP contribution in [0.25, 0.3) is 0 Å². The number of Topliss-reactive ketones (excluding diaryl/α,β-unsaturated/α-hetero) is 1. The first-order chi connectivity index (χ1) is 11.8. The summed E-state index contributed by atoms with van der Waals surface area (Å²) < 4.78 is 26.1. The summed E-state index contributed by atoms with van der Waals surface area (Å²) in [4.78, 5) is 24.7. The van der Waals surface area contributed by atoms with Crippen LogP contribution in [-0.2, 0) is 16.4 Å². The molecule has 0 spiro atoms. The fourth-order valence-corrected chi connectivity index (χ4v) is 5.97. The molecule has 0 radical (unpaired) electrons. The third-order valence-corrected chi connectivity index (χ3v) is 7.68. The second-order valence-electron chi connectivity index (χ2n) is 5.97. The van der Waals surface area contributed by atoms with Crippen molar-refractivity contribution in [2.24, 2.45) is 0 Å². The van der Waals surface area contributed by atoms with Gasteiger partial charge in [-0.2, -0.15) is 0 Å². The van der Waals surface area contributed by atoms with E-state index in [-0.39, 0.29) is 38.9 Å². The van der Waals surface area contributed by atoms with Crippen LogP contribution >= 0.6 is 22.9 Å². The van der Waals surface area contributed by atoms with Crippen LogP contribution in [0.2, 0.25) is 5.02 Å². The highest BCUT2D eigenvalue weighted by molar-refractivity contribution is 7.91. The highest BCUT2D eigenvalue weighted by atomic mass is 35.5. The van der Waals surface area contributed by atoms with Crippen molar-refractivity contribution in [2.45, 2.75) is 23.1 Å². The highest BCUT2D eigenvalue weighted by Gasteiger charge is 2.33. The number of carbonyl (C=O) groups excluding carboxylic acids is 2. The molecule has 2 heterocycles. The van der Waals surface area contributed by atoms with E-state index >= 15 is 0 Å². The van der Waals surface area contributed by atoms with Gasteiger partial charge in [0, 0.05) is 5.02 Å². The first kappa shape index (κ1) is 16.7. The van der Waals surface area contributed by atoms with Crippen molar-refractivity contribution >= 4 is 44.7 Å². The number of amides is 1. The standard InChI is InChI=1S/C16H13ClN2O4S2/c17-9-2-3-10-8(5-9)1-4-12(10)19-15(21)14-6-11-13(20)7-18-25(22,23)16(11)24-14/h2-3,5-6,12,18H,1,4,7H2,(H,19,21). The Morgan fingerprint density at radius 1 is 1.32 bits per heavy atom. The molecule has 6 nitrogen and oxygen atoms in total. The van der Waals surface area contributed by atoms with Crippen molar-refractivity contribution in [3.05, 3.63) is 50.9 Å². The average Bonchev–Trinajstić information content (AvgIpc) is 3.17. The van der Waals surface area contributed by atoms with Gasteiger partial charge in [-0.15, -0.1) is 11.3 Å². The summed E-state index contributed by atoms with van der Waals surface area (Å²) in [6.45, 7) is -0.274. The number of rotatable bonds is 2. The molecule has 1 aromatic carbocycles. The molecule has 0 saturated carbocycles. The topological polar surface area (TPSA) is 92.3 Å². The van der Waals surface area contributed by atoms with Gasteiger partial charge in [0.05, 0.1) is 23.0 Å². The van der Waals surface area contributed by atoms with Gasteiger partial charge in [-0.1, -0.05) is 17.7 Å². The fourth-order valence-electron chi connectivity index (χ4n) is 3.17.